The highest BCUT2D eigenvalue weighted by atomic mass is 32.1. The van der Waals surface area contributed by atoms with Crippen molar-refractivity contribution in [3.8, 4) is 0 Å². The molecule has 1 unspecified atom stereocenters. The van der Waals surface area contributed by atoms with Crippen LogP contribution in [0.5, 0.6) is 0 Å². The van der Waals surface area contributed by atoms with E-state index in [0.717, 1.165) is 12.4 Å². The zero-order chi connectivity index (χ0) is 13.0. The third kappa shape index (κ3) is 3.36. The molecule has 1 aliphatic rings. The molecule has 1 aromatic rings. The third-order valence-electron chi connectivity index (χ3n) is 3.25. The van der Waals surface area contributed by atoms with Crippen molar-refractivity contribution in [2.75, 3.05) is 25.0 Å². The molecule has 18 heavy (non-hydrogen) atoms. The van der Waals surface area contributed by atoms with Gasteiger partial charge < -0.3 is 11.1 Å². The van der Waals surface area contributed by atoms with Gasteiger partial charge in [0, 0.05) is 12.6 Å². The number of aromatic nitrogens is 2. The first-order valence-corrected chi connectivity index (χ1v) is 6.67. The van der Waals surface area contributed by atoms with Crippen molar-refractivity contribution in [1.82, 2.24) is 14.9 Å². The maximum atomic E-state index is 5.47. The summed E-state index contributed by atoms with van der Waals surface area (Å²) in [5.74, 6) is 0.765. The van der Waals surface area contributed by atoms with Crippen molar-refractivity contribution >= 4 is 23.0 Å². The Balaban J connectivity index is 1.84. The van der Waals surface area contributed by atoms with E-state index in [9.17, 15) is 0 Å². The molecule has 0 aromatic carbocycles. The molecule has 0 amide bonds. The van der Waals surface area contributed by atoms with Crippen LogP contribution in [0.15, 0.2) is 12.4 Å². The van der Waals surface area contributed by atoms with Crippen molar-refractivity contribution in [2.24, 2.45) is 5.73 Å². The van der Waals surface area contributed by atoms with Gasteiger partial charge in [-0.05, 0) is 32.9 Å². The van der Waals surface area contributed by atoms with Crippen LogP contribution < -0.4 is 11.1 Å². The molecule has 1 atom stereocenters. The number of hydrogen-bond acceptors (Lipinski definition) is 5. The second-order valence-electron chi connectivity index (χ2n) is 4.62. The zero-order valence-corrected chi connectivity index (χ0v) is 11.4. The number of rotatable bonds is 5. The van der Waals surface area contributed by atoms with Crippen molar-refractivity contribution in [3.63, 3.8) is 0 Å². The summed E-state index contributed by atoms with van der Waals surface area (Å²) in [6.07, 6.45) is 5.90. The van der Waals surface area contributed by atoms with Gasteiger partial charge >= 0.3 is 0 Å². The lowest BCUT2D eigenvalue weighted by molar-refractivity contribution is 0.269. The van der Waals surface area contributed by atoms with Crippen LogP contribution in [-0.4, -0.2) is 45.5 Å². The van der Waals surface area contributed by atoms with Crippen LogP contribution in [0.1, 0.15) is 25.5 Å². The normalized spacial score (nSPS) is 17.6. The first kappa shape index (κ1) is 13.2. The Labute approximate surface area is 113 Å². The molecule has 1 aliphatic heterocycles. The fourth-order valence-electron chi connectivity index (χ4n) is 2.11. The molecule has 2 rings (SSSR count). The number of likely N-dealkylation sites (tertiary alicyclic amines) is 1. The van der Waals surface area contributed by atoms with Crippen LogP contribution in [0.4, 0.5) is 5.82 Å². The van der Waals surface area contributed by atoms with E-state index >= 15 is 0 Å². The molecule has 6 heteroatoms. The van der Waals surface area contributed by atoms with E-state index in [1.54, 1.807) is 12.4 Å². The molecule has 0 spiro atoms. The fraction of sp³-hybridized carbons (Fsp3) is 0.583. The summed E-state index contributed by atoms with van der Waals surface area (Å²) >= 11 is 4.83. The molecule has 1 fully saturated rings. The van der Waals surface area contributed by atoms with Gasteiger partial charge in [-0.15, -0.1) is 0 Å². The molecule has 1 saturated heterocycles. The molecule has 1 aromatic heterocycles. The molecule has 0 aliphatic carbocycles. The molecule has 98 valence electrons. The maximum Gasteiger partial charge on any atom is 0.144 e. The molecular formula is C12H19N5S. The minimum Gasteiger partial charge on any atom is -0.388 e. The quantitative estimate of drug-likeness (QED) is 0.775. The first-order chi connectivity index (χ1) is 8.66. The van der Waals surface area contributed by atoms with E-state index in [-0.39, 0.29) is 4.99 Å². The Morgan fingerprint density at radius 2 is 2.17 bits per heavy atom. The monoisotopic (exact) mass is 265 g/mol. The summed E-state index contributed by atoms with van der Waals surface area (Å²) in [6.45, 7) is 5.51. The van der Waals surface area contributed by atoms with Gasteiger partial charge in [-0.2, -0.15) is 0 Å². The second-order valence-corrected chi connectivity index (χ2v) is 5.06. The Bertz CT molecular complexity index is 399. The van der Waals surface area contributed by atoms with Crippen LogP contribution in [0, 0.1) is 0 Å². The smallest absolute Gasteiger partial charge is 0.144 e. The number of nitrogens with two attached hydrogens (primary N) is 1. The Morgan fingerprint density at radius 3 is 2.72 bits per heavy atom. The van der Waals surface area contributed by atoms with Crippen molar-refractivity contribution in [1.29, 1.82) is 0 Å². The Kier molecular flexibility index (Phi) is 4.43. The Morgan fingerprint density at radius 1 is 1.44 bits per heavy atom. The van der Waals surface area contributed by atoms with Gasteiger partial charge in [0.05, 0.1) is 12.4 Å². The van der Waals surface area contributed by atoms with Crippen LogP contribution >= 0.6 is 12.2 Å². The summed E-state index contributed by atoms with van der Waals surface area (Å²) in [4.78, 5) is 11.2. The summed E-state index contributed by atoms with van der Waals surface area (Å²) in [5, 5.41) is 3.29. The lowest BCUT2D eigenvalue weighted by Crippen LogP contribution is -2.35. The van der Waals surface area contributed by atoms with E-state index in [2.05, 4.69) is 27.1 Å². The number of nitrogens with zero attached hydrogens (tertiary/aromatic N) is 3. The highest BCUT2D eigenvalue weighted by molar-refractivity contribution is 7.80. The van der Waals surface area contributed by atoms with E-state index in [1.807, 2.05) is 0 Å². The summed E-state index contributed by atoms with van der Waals surface area (Å²) in [5.41, 5.74) is 6.03. The van der Waals surface area contributed by atoms with Gasteiger partial charge in [0.1, 0.15) is 16.5 Å². The molecule has 0 saturated carbocycles. The van der Waals surface area contributed by atoms with Crippen molar-refractivity contribution in [3.05, 3.63) is 18.1 Å². The predicted octanol–water partition coefficient (Wildman–Crippen LogP) is 1.01. The Hall–Kier alpha value is -1.27. The highest BCUT2D eigenvalue weighted by Crippen LogP contribution is 2.12. The highest BCUT2D eigenvalue weighted by Gasteiger charge is 2.17. The molecule has 5 nitrogen and oxygen atoms in total. The van der Waals surface area contributed by atoms with Crippen LogP contribution in [0.25, 0.3) is 0 Å². The molecular weight excluding hydrogens is 246 g/mol. The van der Waals surface area contributed by atoms with E-state index in [4.69, 9.17) is 18.0 Å². The summed E-state index contributed by atoms with van der Waals surface area (Å²) in [7, 11) is 0. The van der Waals surface area contributed by atoms with Crippen molar-refractivity contribution < 1.29 is 0 Å². The maximum absolute atomic E-state index is 5.47. The average molecular weight is 265 g/mol. The summed E-state index contributed by atoms with van der Waals surface area (Å²) in [6, 6.07) is 0.518. The van der Waals surface area contributed by atoms with E-state index in [1.165, 1.54) is 25.9 Å². The van der Waals surface area contributed by atoms with Gasteiger partial charge in [0.15, 0.2) is 0 Å². The van der Waals surface area contributed by atoms with Gasteiger partial charge in [0.2, 0.25) is 0 Å². The summed E-state index contributed by atoms with van der Waals surface area (Å²) < 4.78 is 0. The fourth-order valence-corrected chi connectivity index (χ4v) is 2.22. The SMILES string of the molecule is CC(CNc1cnc(C(N)=S)cn1)N1CCCC1. The van der Waals surface area contributed by atoms with Gasteiger partial charge in [0.25, 0.3) is 0 Å². The van der Waals surface area contributed by atoms with Gasteiger partial charge in [-0.25, -0.2) is 9.97 Å². The molecule has 2 heterocycles. The first-order valence-electron chi connectivity index (χ1n) is 6.26. The third-order valence-corrected chi connectivity index (χ3v) is 3.46. The van der Waals surface area contributed by atoms with Gasteiger partial charge in [-0.1, -0.05) is 12.2 Å². The largest absolute Gasteiger partial charge is 0.388 e. The number of thiocarbonyl (C=S) groups is 1. The zero-order valence-electron chi connectivity index (χ0n) is 10.6. The van der Waals surface area contributed by atoms with Crippen LogP contribution in [0.2, 0.25) is 0 Å². The average Bonchev–Trinajstić information content (AvgIpc) is 2.90. The van der Waals surface area contributed by atoms with Crippen LogP contribution in [0.3, 0.4) is 0 Å². The number of hydrogen-bond donors (Lipinski definition) is 2. The van der Waals surface area contributed by atoms with E-state index in [0.29, 0.717) is 11.7 Å². The minimum absolute atomic E-state index is 0.277. The topological polar surface area (TPSA) is 67.1 Å². The van der Waals surface area contributed by atoms with Gasteiger partial charge in [-0.3, -0.25) is 4.90 Å². The number of anilines is 1. The lowest BCUT2D eigenvalue weighted by Gasteiger charge is -2.23. The number of nitrogens with one attached hydrogen (secondary N) is 1. The molecule has 0 radical (unpaired) electrons. The van der Waals surface area contributed by atoms with Crippen LogP contribution in [-0.2, 0) is 0 Å². The predicted molar refractivity (Wildman–Crippen MR) is 76.7 cm³/mol. The second kappa shape index (κ2) is 6.06. The molecule has 3 N–H and O–H groups in total. The van der Waals surface area contributed by atoms with Crippen molar-refractivity contribution in [2.45, 2.75) is 25.8 Å². The lowest BCUT2D eigenvalue weighted by atomic mass is 10.3. The van der Waals surface area contributed by atoms with E-state index < -0.39 is 0 Å². The minimum atomic E-state index is 0.277. The molecule has 0 bridgehead atoms. The standard InChI is InChI=1S/C12H19N5S/c1-9(17-4-2-3-5-17)6-15-11-8-14-10(7-16-11)12(13)18/h7-9H,2-6H2,1H3,(H2,13,18)(H,15,16).